The van der Waals surface area contributed by atoms with E-state index in [9.17, 15) is 17.2 Å². The molecule has 2 aliphatic carbocycles. The molecule has 7 heteroatoms. The van der Waals surface area contributed by atoms with Crippen molar-refractivity contribution in [1.82, 2.24) is 5.32 Å². The number of likely N-dealkylation sites (N-methyl/N-ethyl adjacent to an activating group) is 1. The first-order valence-electron chi connectivity index (χ1n) is 10.0. The molecule has 3 atom stereocenters. The summed E-state index contributed by atoms with van der Waals surface area (Å²) in [4.78, 5) is 0. The van der Waals surface area contributed by atoms with E-state index < -0.39 is 15.3 Å². The zero-order valence-electron chi connectivity index (χ0n) is 16.4. The number of nitrogens with one attached hydrogen (secondary N) is 1. The van der Waals surface area contributed by atoms with Gasteiger partial charge in [-0.2, -0.15) is 0 Å². The largest absolute Gasteiger partial charge is 0.316 e. The summed E-state index contributed by atoms with van der Waals surface area (Å²) in [5, 5.41) is 7.98. The molecule has 0 bridgehead atoms. The van der Waals surface area contributed by atoms with E-state index in [0.717, 1.165) is 29.5 Å². The van der Waals surface area contributed by atoms with Crippen molar-refractivity contribution in [3.8, 4) is 0 Å². The number of primary sulfonamides is 1. The highest BCUT2D eigenvalue weighted by Gasteiger charge is 2.39. The minimum atomic E-state index is -3.73. The van der Waals surface area contributed by atoms with Gasteiger partial charge >= 0.3 is 0 Å². The summed E-state index contributed by atoms with van der Waals surface area (Å²) < 4.78 is 52.5. The summed E-state index contributed by atoms with van der Waals surface area (Å²) >= 11 is 0. The number of nitrogens with two attached hydrogens (primary N) is 1. The van der Waals surface area contributed by atoms with Crippen LogP contribution in [0.5, 0.6) is 0 Å². The fraction of sp³-hybridized carbons (Fsp3) is 0.455. The number of sulfonamides is 1. The van der Waals surface area contributed by atoms with Crippen LogP contribution in [0.2, 0.25) is 0 Å². The molecule has 4 rings (SSSR count). The molecule has 29 heavy (non-hydrogen) atoms. The molecular formula is C22H26F2N2O2S. The van der Waals surface area contributed by atoms with Crippen LogP contribution in [0, 0.1) is 17.6 Å². The van der Waals surface area contributed by atoms with Crippen molar-refractivity contribution < 1.29 is 17.2 Å². The topological polar surface area (TPSA) is 72.2 Å². The van der Waals surface area contributed by atoms with Gasteiger partial charge in [0.05, 0.1) is 5.25 Å². The zero-order valence-corrected chi connectivity index (χ0v) is 17.2. The summed E-state index contributed by atoms with van der Waals surface area (Å²) in [6.07, 6.45) is 3.04. The molecule has 1 saturated carbocycles. The van der Waals surface area contributed by atoms with E-state index in [1.54, 1.807) is 6.07 Å². The van der Waals surface area contributed by atoms with Crippen molar-refractivity contribution in [3.63, 3.8) is 0 Å². The molecule has 3 unspecified atom stereocenters. The molecule has 2 aromatic rings. The number of halogens is 2. The summed E-state index contributed by atoms with van der Waals surface area (Å²) in [7, 11) is -1.86. The number of benzene rings is 2. The third kappa shape index (κ3) is 4.37. The number of hydrogen-bond acceptors (Lipinski definition) is 3. The molecule has 156 valence electrons. The average Bonchev–Trinajstić information content (AvgIpc) is 3.42. The first-order valence-corrected chi connectivity index (χ1v) is 11.6. The Kier molecular flexibility index (Phi) is 5.48. The summed E-state index contributed by atoms with van der Waals surface area (Å²) in [5.74, 6) is -0.572. The van der Waals surface area contributed by atoms with Crippen molar-refractivity contribution in [2.75, 3.05) is 7.05 Å². The molecule has 3 N–H and O–H groups in total. The van der Waals surface area contributed by atoms with E-state index in [1.807, 2.05) is 19.2 Å². The Morgan fingerprint density at radius 3 is 2.59 bits per heavy atom. The van der Waals surface area contributed by atoms with Crippen molar-refractivity contribution in [3.05, 3.63) is 70.3 Å². The monoisotopic (exact) mass is 420 g/mol. The fourth-order valence-electron chi connectivity index (χ4n) is 4.66. The average molecular weight is 421 g/mol. The molecular weight excluding hydrogens is 394 g/mol. The maximum Gasteiger partial charge on any atom is 0.212 e. The van der Waals surface area contributed by atoms with Crippen molar-refractivity contribution in [1.29, 1.82) is 0 Å². The minimum absolute atomic E-state index is 0.0193. The number of fused-ring (bicyclic) bond motifs is 1. The lowest BCUT2D eigenvalue weighted by Gasteiger charge is -2.21. The molecule has 0 saturated heterocycles. The summed E-state index contributed by atoms with van der Waals surface area (Å²) in [6.45, 7) is 0. The lowest BCUT2D eigenvalue weighted by molar-refractivity contribution is 0.490. The Hall–Kier alpha value is -1.83. The second-order valence-corrected chi connectivity index (χ2v) is 10.1. The van der Waals surface area contributed by atoms with Crippen LogP contribution in [0.15, 0.2) is 36.4 Å². The third-order valence-electron chi connectivity index (χ3n) is 6.34. The lowest BCUT2D eigenvalue weighted by Crippen LogP contribution is -2.32. The SMILES string of the molecule is CNC1Cc2cc(F)c(CC(C3CC3)S(N)(=O)=O)cc2C1Cc1cccc(F)c1. The van der Waals surface area contributed by atoms with Crippen molar-refractivity contribution in [2.45, 2.75) is 49.3 Å². The highest BCUT2D eigenvalue weighted by molar-refractivity contribution is 7.89. The van der Waals surface area contributed by atoms with E-state index in [0.29, 0.717) is 18.4 Å². The van der Waals surface area contributed by atoms with Gasteiger partial charge in [0.1, 0.15) is 11.6 Å². The Morgan fingerprint density at radius 2 is 1.97 bits per heavy atom. The minimum Gasteiger partial charge on any atom is -0.316 e. The van der Waals surface area contributed by atoms with Crippen molar-refractivity contribution in [2.24, 2.45) is 11.1 Å². The normalized spacial score (nSPS) is 22.5. The smallest absolute Gasteiger partial charge is 0.212 e. The van der Waals surface area contributed by atoms with Crippen LogP contribution in [0.1, 0.15) is 41.0 Å². The second kappa shape index (κ2) is 7.78. The molecule has 0 aliphatic heterocycles. The Labute approximate surface area is 170 Å². The molecule has 2 aliphatic rings. The zero-order chi connectivity index (χ0) is 20.8. The van der Waals surface area contributed by atoms with Gasteiger partial charge in [-0.3, -0.25) is 0 Å². The van der Waals surface area contributed by atoms with Gasteiger partial charge in [-0.1, -0.05) is 18.2 Å². The van der Waals surface area contributed by atoms with Gasteiger partial charge in [-0.25, -0.2) is 22.3 Å². The molecule has 2 aromatic carbocycles. The number of hydrogen-bond donors (Lipinski definition) is 2. The maximum atomic E-state index is 14.8. The Bertz CT molecular complexity index is 1020. The lowest BCUT2D eigenvalue weighted by atomic mass is 9.89. The Morgan fingerprint density at radius 1 is 1.21 bits per heavy atom. The standard InChI is InChI=1S/C22H26F2N2O2S/c1-26-21-11-15-10-20(24)16(12-22(14-5-6-14)29(25,27)28)9-18(15)19(21)8-13-3-2-4-17(23)7-13/h2-4,7,9-10,14,19,21-22,26H,5-6,8,11-12H2,1H3,(H2,25,27,28). The van der Waals surface area contributed by atoms with Gasteiger partial charge in [-0.05, 0) is 85.5 Å². The highest BCUT2D eigenvalue weighted by atomic mass is 32.2. The highest BCUT2D eigenvalue weighted by Crippen LogP contribution is 2.40. The summed E-state index contributed by atoms with van der Waals surface area (Å²) in [6, 6.07) is 9.99. The molecule has 4 nitrogen and oxygen atoms in total. The predicted octanol–water partition coefficient (Wildman–Crippen LogP) is 3.04. The molecule has 0 heterocycles. The predicted molar refractivity (Wildman–Crippen MR) is 109 cm³/mol. The fourth-order valence-corrected chi connectivity index (χ4v) is 5.88. The van der Waals surface area contributed by atoms with Crippen LogP contribution in [0.3, 0.4) is 0 Å². The molecule has 0 radical (unpaired) electrons. The van der Waals surface area contributed by atoms with Crippen molar-refractivity contribution >= 4 is 10.0 Å². The van der Waals surface area contributed by atoms with Gasteiger partial charge in [0.15, 0.2) is 0 Å². The van der Waals surface area contributed by atoms with Gasteiger partial charge < -0.3 is 5.32 Å². The quantitative estimate of drug-likeness (QED) is 0.723. The van der Waals surface area contributed by atoms with E-state index in [-0.39, 0.29) is 35.9 Å². The molecule has 0 amide bonds. The van der Waals surface area contributed by atoms with Crippen LogP contribution in [0.25, 0.3) is 0 Å². The van der Waals surface area contributed by atoms with E-state index in [2.05, 4.69) is 5.32 Å². The first-order chi connectivity index (χ1) is 13.8. The van der Waals surface area contributed by atoms with E-state index in [1.165, 1.54) is 18.2 Å². The van der Waals surface area contributed by atoms with E-state index >= 15 is 0 Å². The van der Waals surface area contributed by atoms with Gasteiger partial charge in [0.2, 0.25) is 10.0 Å². The molecule has 0 aromatic heterocycles. The van der Waals surface area contributed by atoms with Crippen LogP contribution < -0.4 is 10.5 Å². The van der Waals surface area contributed by atoms with Gasteiger partial charge in [-0.15, -0.1) is 0 Å². The van der Waals surface area contributed by atoms with Crippen LogP contribution >= 0.6 is 0 Å². The van der Waals surface area contributed by atoms with Gasteiger partial charge in [0, 0.05) is 12.0 Å². The molecule has 1 fully saturated rings. The van der Waals surface area contributed by atoms with Crippen LogP contribution in [0.4, 0.5) is 8.78 Å². The third-order valence-corrected chi connectivity index (χ3v) is 7.74. The second-order valence-electron chi connectivity index (χ2n) is 8.35. The number of rotatable bonds is 7. The Balaban J connectivity index is 1.66. The van der Waals surface area contributed by atoms with Crippen LogP contribution in [-0.4, -0.2) is 26.8 Å². The maximum absolute atomic E-state index is 14.8. The first kappa shape index (κ1) is 20.4. The van der Waals surface area contributed by atoms with E-state index in [4.69, 9.17) is 5.14 Å². The van der Waals surface area contributed by atoms with Crippen LogP contribution in [-0.2, 0) is 29.3 Å². The van der Waals surface area contributed by atoms with Gasteiger partial charge in [0.25, 0.3) is 0 Å². The molecule has 0 spiro atoms. The summed E-state index contributed by atoms with van der Waals surface area (Å²) in [5.41, 5.74) is 3.21.